The maximum Gasteiger partial charge on any atom is 0.149 e. The standard InChI is InChI=1S/C12H19NO2/c1-10-4-11(2)6-13(5-10)7-12(3,8(10)14)9(11)15/h8,14H,4-7H2,1-3H3/t8-,10?,11?,12?/m0/s1. The lowest BCUT2D eigenvalue weighted by atomic mass is 9.47. The van der Waals surface area contributed by atoms with Crippen molar-refractivity contribution >= 4 is 5.78 Å². The van der Waals surface area contributed by atoms with E-state index in [1.807, 2.05) is 6.92 Å². The highest BCUT2D eigenvalue weighted by Gasteiger charge is 2.68. The van der Waals surface area contributed by atoms with Crippen molar-refractivity contribution in [3.05, 3.63) is 0 Å². The number of carbonyl (C=O) groups excluding carboxylic acids is 1. The van der Waals surface area contributed by atoms with Crippen LogP contribution < -0.4 is 0 Å². The molecule has 4 unspecified atom stereocenters. The average molecular weight is 209 g/mol. The summed E-state index contributed by atoms with van der Waals surface area (Å²) in [6.45, 7) is 8.74. The molecule has 0 aromatic rings. The van der Waals surface area contributed by atoms with E-state index in [-0.39, 0.29) is 16.6 Å². The summed E-state index contributed by atoms with van der Waals surface area (Å²) in [5, 5.41) is 10.4. The van der Waals surface area contributed by atoms with Crippen LogP contribution in [0.3, 0.4) is 0 Å². The number of aliphatic hydroxyl groups excluding tert-OH is 1. The summed E-state index contributed by atoms with van der Waals surface area (Å²) < 4.78 is 0. The summed E-state index contributed by atoms with van der Waals surface area (Å²) in [6, 6.07) is 0. The monoisotopic (exact) mass is 209 g/mol. The fraction of sp³-hybridized carbons (Fsp3) is 0.917. The molecule has 4 bridgehead atoms. The topological polar surface area (TPSA) is 40.5 Å². The SMILES string of the molecule is CC12CN3CC(C)(C1)[C@H](O)C(C)(C3)C2=O. The summed E-state index contributed by atoms with van der Waals surface area (Å²) in [6.07, 6.45) is 0.397. The van der Waals surface area contributed by atoms with Crippen LogP contribution in [-0.4, -0.2) is 41.5 Å². The summed E-state index contributed by atoms with van der Waals surface area (Å²) in [5.74, 6) is 0.288. The first kappa shape index (κ1) is 9.79. The van der Waals surface area contributed by atoms with Crippen LogP contribution >= 0.6 is 0 Å². The van der Waals surface area contributed by atoms with Gasteiger partial charge in [0, 0.05) is 30.5 Å². The van der Waals surface area contributed by atoms with Gasteiger partial charge >= 0.3 is 0 Å². The van der Waals surface area contributed by atoms with Gasteiger partial charge in [0.1, 0.15) is 5.78 Å². The van der Waals surface area contributed by atoms with Crippen molar-refractivity contribution in [2.75, 3.05) is 19.6 Å². The van der Waals surface area contributed by atoms with E-state index >= 15 is 0 Å². The number of carbonyl (C=O) groups is 1. The van der Waals surface area contributed by atoms with Gasteiger partial charge < -0.3 is 10.0 Å². The number of aliphatic hydroxyl groups is 1. The van der Waals surface area contributed by atoms with Crippen molar-refractivity contribution in [2.45, 2.75) is 33.3 Å². The Bertz CT molecular complexity index is 356. The number of ketones is 1. The number of Topliss-reactive ketones (excluding diaryl/α,β-unsaturated/α-hetero) is 1. The molecule has 3 aliphatic heterocycles. The highest BCUT2D eigenvalue weighted by molar-refractivity contribution is 5.93. The molecule has 3 heterocycles. The molecule has 0 aromatic heterocycles. The minimum Gasteiger partial charge on any atom is -0.391 e. The zero-order valence-electron chi connectivity index (χ0n) is 9.71. The third kappa shape index (κ3) is 0.918. The molecule has 1 aliphatic carbocycles. The molecule has 4 aliphatic rings. The van der Waals surface area contributed by atoms with Gasteiger partial charge in [0.15, 0.2) is 0 Å². The van der Waals surface area contributed by atoms with E-state index in [0.29, 0.717) is 0 Å². The van der Waals surface area contributed by atoms with Crippen molar-refractivity contribution in [1.82, 2.24) is 4.90 Å². The number of hydrogen-bond acceptors (Lipinski definition) is 3. The molecule has 5 atom stereocenters. The van der Waals surface area contributed by atoms with Gasteiger partial charge in [0.05, 0.1) is 11.5 Å². The molecule has 1 saturated carbocycles. The normalized spacial score (nSPS) is 62.5. The smallest absolute Gasteiger partial charge is 0.149 e. The Morgan fingerprint density at radius 2 is 1.93 bits per heavy atom. The number of nitrogens with zero attached hydrogens (tertiary/aromatic N) is 1. The minimum absolute atomic E-state index is 0.0755. The minimum atomic E-state index is -0.516. The van der Waals surface area contributed by atoms with Crippen molar-refractivity contribution in [3.8, 4) is 0 Å². The fourth-order valence-corrected chi connectivity index (χ4v) is 4.72. The van der Waals surface area contributed by atoms with Gasteiger partial charge in [-0.3, -0.25) is 4.79 Å². The Labute approximate surface area is 90.5 Å². The van der Waals surface area contributed by atoms with Crippen molar-refractivity contribution in [3.63, 3.8) is 0 Å². The fourth-order valence-electron chi connectivity index (χ4n) is 4.72. The molecule has 1 N–H and O–H groups in total. The molecule has 15 heavy (non-hydrogen) atoms. The van der Waals surface area contributed by atoms with Gasteiger partial charge in [-0.25, -0.2) is 0 Å². The lowest BCUT2D eigenvalue weighted by Gasteiger charge is -2.66. The van der Waals surface area contributed by atoms with Gasteiger partial charge in [-0.2, -0.15) is 0 Å². The summed E-state index contributed by atoms with van der Waals surface area (Å²) in [5.41, 5.74) is -0.800. The summed E-state index contributed by atoms with van der Waals surface area (Å²) >= 11 is 0. The second-order valence-corrected chi connectivity index (χ2v) is 6.69. The molecule has 0 radical (unpaired) electrons. The predicted octanol–water partition coefficient (Wildman–Crippen LogP) is 0.668. The quantitative estimate of drug-likeness (QED) is 0.637. The maximum absolute atomic E-state index is 12.4. The molecular formula is C12H19NO2. The Balaban J connectivity index is 2.16. The summed E-state index contributed by atoms with van der Waals surface area (Å²) in [7, 11) is 0. The Morgan fingerprint density at radius 1 is 1.27 bits per heavy atom. The third-order valence-corrected chi connectivity index (χ3v) is 4.83. The third-order valence-electron chi connectivity index (χ3n) is 4.83. The Hall–Kier alpha value is -0.410. The predicted molar refractivity (Wildman–Crippen MR) is 56.4 cm³/mol. The van der Waals surface area contributed by atoms with Gasteiger partial charge in [0.2, 0.25) is 0 Å². The van der Waals surface area contributed by atoms with Crippen molar-refractivity contribution in [1.29, 1.82) is 0 Å². The lowest BCUT2D eigenvalue weighted by molar-refractivity contribution is -0.218. The molecule has 0 amide bonds. The van der Waals surface area contributed by atoms with Crippen LogP contribution in [0.15, 0.2) is 0 Å². The van der Waals surface area contributed by atoms with Crippen LogP contribution in [-0.2, 0) is 4.79 Å². The molecule has 0 spiro atoms. The highest BCUT2D eigenvalue weighted by atomic mass is 16.3. The first-order valence-corrected chi connectivity index (χ1v) is 5.76. The van der Waals surface area contributed by atoms with Gasteiger partial charge in [-0.05, 0) is 13.3 Å². The average Bonchev–Trinajstić information content (AvgIpc) is 2.10. The second kappa shape index (κ2) is 2.30. The number of hydrogen-bond donors (Lipinski definition) is 1. The van der Waals surface area contributed by atoms with Crippen molar-refractivity contribution < 1.29 is 9.90 Å². The zero-order chi connectivity index (χ0) is 11.1. The summed E-state index contributed by atoms with van der Waals surface area (Å²) in [4.78, 5) is 14.7. The van der Waals surface area contributed by atoms with Crippen LogP contribution in [0.2, 0.25) is 0 Å². The second-order valence-electron chi connectivity index (χ2n) is 6.69. The Kier molecular flexibility index (Phi) is 1.50. The van der Waals surface area contributed by atoms with E-state index in [1.54, 1.807) is 0 Å². The van der Waals surface area contributed by atoms with E-state index in [2.05, 4.69) is 18.7 Å². The number of piperidine rings is 3. The molecule has 84 valence electrons. The van der Waals surface area contributed by atoms with E-state index in [9.17, 15) is 9.90 Å². The molecule has 4 fully saturated rings. The Morgan fingerprint density at radius 3 is 2.60 bits per heavy atom. The molecule has 4 rings (SSSR count). The van der Waals surface area contributed by atoms with Gasteiger partial charge in [0.25, 0.3) is 0 Å². The zero-order valence-corrected chi connectivity index (χ0v) is 9.71. The molecule has 3 heteroatoms. The highest BCUT2D eigenvalue weighted by Crippen LogP contribution is 2.59. The molecule has 3 nitrogen and oxygen atoms in total. The van der Waals surface area contributed by atoms with E-state index in [0.717, 1.165) is 26.1 Å². The van der Waals surface area contributed by atoms with Gasteiger partial charge in [-0.15, -0.1) is 0 Å². The van der Waals surface area contributed by atoms with E-state index < -0.39 is 11.5 Å². The first-order chi connectivity index (χ1) is 6.80. The molecule has 3 saturated heterocycles. The van der Waals surface area contributed by atoms with Crippen LogP contribution in [0.25, 0.3) is 0 Å². The van der Waals surface area contributed by atoms with Crippen LogP contribution in [0.4, 0.5) is 0 Å². The van der Waals surface area contributed by atoms with Crippen LogP contribution in [0.1, 0.15) is 27.2 Å². The lowest BCUT2D eigenvalue weighted by Crippen LogP contribution is -2.76. The van der Waals surface area contributed by atoms with Crippen molar-refractivity contribution in [2.24, 2.45) is 16.2 Å². The maximum atomic E-state index is 12.4. The number of rotatable bonds is 0. The molecule has 0 aromatic carbocycles. The van der Waals surface area contributed by atoms with E-state index in [4.69, 9.17) is 0 Å². The van der Waals surface area contributed by atoms with Gasteiger partial charge in [-0.1, -0.05) is 13.8 Å². The van der Waals surface area contributed by atoms with Crippen LogP contribution in [0.5, 0.6) is 0 Å². The largest absolute Gasteiger partial charge is 0.391 e. The van der Waals surface area contributed by atoms with E-state index in [1.165, 1.54) is 0 Å². The van der Waals surface area contributed by atoms with Crippen LogP contribution in [0, 0.1) is 16.2 Å². The first-order valence-electron chi connectivity index (χ1n) is 5.76. The molecular weight excluding hydrogens is 190 g/mol.